The van der Waals surface area contributed by atoms with Gasteiger partial charge in [0.15, 0.2) is 11.6 Å². The SMILES string of the molecule is C=CCN1C(=C/C=C2/SC(=S)N(CC)C2=O)N(CC=C)c2nc3ccccc3nc21. The molecule has 0 bridgehead atoms. The van der Waals surface area contributed by atoms with Gasteiger partial charge in [0.2, 0.25) is 0 Å². The first-order chi connectivity index (χ1) is 14.6. The van der Waals surface area contributed by atoms with Gasteiger partial charge in [0.25, 0.3) is 5.91 Å². The Balaban J connectivity index is 1.81. The topological polar surface area (TPSA) is 52.6 Å². The highest BCUT2D eigenvalue weighted by Gasteiger charge is 2.34. The fourth-order valence-electron chi connectivity index (χ4n) is 3.44. The fourth-order valence-corrected chi connectivity index (χ4v) is 4.77. The van der Waals surface area contributed by atoms with E-state index in [4.69, 9.17) is 22.2 Å². The molecule has 4 rings (SSSR count). The fraction of sp³-hybridized carbons (Fsp3) is 0.182. The number of amides is 1. The molecule has 8 heteroatoms. The van der Waals surface area contributed by atoms with E-state index in [1.807, 2.05) is 65.3 Å². The number of anilines is 2. The van der Waals surface area contributed by atoms with Crippen molar-refractivity contribution in [1.29, 1.82) is 0 Å². The molecule has 152 valence electrons. The van der Waals surface area contributed by atoms with Crippen LogP contribution in [0, 0.1) is 0 Å². The average molecular weight is 436 g/mol. The molecule has 2 aliphatic rings. The molecule has 0 N–H and O–H groups in total. The van der Waals surface area contributed by atoms with Crippen LogP contribution in [-0.4, -0.2) is 44.7 Å². The highest BCUT2D eigenvalue weighted by atomic mass is 32.2. The molecule has 1 amide bonds. The molecule has 1 fully saturated rings. The quantitative estimate of drug-likeness (QED) is 0.382. The van der Waals surface area contributed by atoms with Crippen molar-refractivity contribution in [3.05, 3.63) is 72.5 Å². The molecular weight excluding hydrogens is 414 g/mol. The van der Waals surface area contributed by atoms with Gasteiger partial charge in [-0.1, -0.05) is 48.3 Å². The van der Waals surface area contributed by atoms with E-state index in [1.165, 1.54) is 11.8 Å². The lowest BCUT2D eigenvalue weighted by Gasteiger charge is -2.22. The van der Waals surface area contributed by atoms with Crippen LogP contribution in [0.2, 0.25) is 0 Å². The van der Waals surface area contributed by atoms with Gasteiger partial charge in [0.05, 0.1) is 15.9 Å². The first kappa shape index (κ1) is 20.3. The predicted molar refractivity (Wildman–Crippen MR) is 128 cm³/mol. The Morgan fingerprint density at radius 3 is 2.03 bits per heavy atom. The van der Waals surface area contributed by atoms with Gasteiger partial charge in [-0.25, -0.2) is 9.97 Å². The van der Waals surface area contributed by atoms with Gasteiger partial charge < -0.3 is 9.80 Å². The molecule has 2 aliphatic heterocycles. The number of carbonyl (C=O) groups excluding carboxylic acids is 1. The minimum absolute atomic E-state index is 0.0626. The molecule has 1 aromatic carbocycles. The van der Waals surface area contributed by atoms with Crippen molar-refractivity contribution in [2.45, 2.75) is 6.92 Å². The summed E-state index contributed by atoms with van der Waals surface area (Å²) in [7, 11) is 0. The first-order valence-corrected chi connectivity index (χ1v) is 10.8. The van der Waals surface area contributed by atoms with Gasteiger partial charge in [-0.3, -0.25) is 9.69 Å². The van der Waals surface area contributed by atoms with Crippen molar-refractivity contribution in [3.8, 4) is 0 Å². The van der Waals surface area contributed by atoms with E-state index in [9.17, 15) is 4.79 Å². The minimum atomic E-state index is -0.0626. The Kier molecular flexibility index (Phi) is 5.69. The van der Waals surface area contributed by atoms with E-state index >= 15 is 0 Å². The number of carbonyl (C=O) groups is 1. The van der Waals surface area contributed by atoms with E-state index in [2.05, 4.69) is 13.2 Å². The third-order valence-corrected chi connectivity index (χ3v) is 6.19. The number of hydrogen-bond acceptors (Lipinski definition) is 7. The van der Waals surface area contributed by atoms with Crippen LogP contribution in [0.3, 0.4) is 0 Å². The Morgan fingerprint density at radius 1 is 1.00 bits per heavy atom. The zero-order valence-electron chi connectivity index (χ0n) is 16.6. The van der Waals surface area contributed by atoms with E-state index < -0.39 is 0 Å². The third-order valence-electron chi connectivity index (χ3n) is 4.80. The summed E-state index contributed by atoms with van der Waals surface area (Å²) in [4.78, 5) is 28.6. The molecule has 0 saturated carbocycles. The molecule has 1 saturated heterocycles. The lowest BCUT2D eigenvalue weighted by atomic mass is 10.3. The van der Waals surface area contributed by atoms with E-state index in [-0.39, 0.29) is 5.91 Å². The minimum Gasteiger partial charge on any atom is -0.305 e. The van der Waals surface area contributed by atoms with Crippen molar-refractivity contribution in [3.63, 3.8) is 0 Å². The second kappa shape index (κ2) is 8.41. The molecule has 0 aliphatic carbocycles. The molecule has 0 spiro atoms. The van der Waals surface area contributed by atoms with Gasteiger partial charge in [-0.2, -0.15) is 0 Å². The zero-order valence-corrected chi connectivity index (χ0v) is 18.2. The number of nitrogens with zero attached hydrogens (tertiary/aromatic N) is 5. The number of thiocarbonyl (C=S) groups is 1. The molecule has 2 aromatic rings. The first-order valence-electron chi connectivity index (χ1n) is 9.58. The van der Waals surface area contributed by atoms with Crippen LogP contribution in [0.1, 0.15) is 6.92 Å². The molecule has 3 heterocycles. The lowest BCUT2D eigenvalue weighted by molar-refractivity contribution is -0.122. The standard InChI is InChI=1S/C22H21N5OS2/c1-4-13-26-18(12-11-17-21(28)25(6-3)22(29)30-17)27(14-5-2)20-19(26)23-15-9-7-8-10-16(15)24-20/h4-5,7-12H,1-2,6,13-14H2,3H3/b17-11+. The number of allylic oxidation sites excluding steroid dienone is 2. The molecule has 0 atom stereocenters. The Hall–Kier alpha value is -2.97. The second-order valence-corrected chi connectivity index (χ2v) is 8.31. The number of aromatic nitrogens is 2. The summed E-state index contributed by atoms with van der Waals surface area (Å²) in [6.07, 6.45) is 7.38. The maximum atomic E-state index is 12.6. The van der Waals surface area contributed by atoms with Gasteiger partial charge in [-0.15, -0.1) is 13.2 Å². The van der Waals surface area contributed by atoms with Crippen molar-refractivity contribution in [1.82, 2.24) is 14.9 Å². The van der Waals surface area contributed by atoms with Gasteiger partial charge in [0.1, 0.15) is 10.1 Å². The molecular formula is C22H21N5OS2. The summed E-state index contributed by atoms with van der Waals surface area (Å²) in [5.74, 6) is 2.32. The summed E-state index contributed by atoms with van der Waals surface area (Å²) in [5.41, 5.74) is 1.66. The average Bonchev–Trinajstić information content (AvgIpc) is 3.18. The van der Waals surface area contributed by atoms with E-state index in [0.717, 1.165) is 28.5 Å². The lowest BCUT2D eigenvalue weighted by Crippen LogP contribution is -2.29. The molecule has 30 heavy (non-hydrogen) atoms. The summed E-state index contributed by atoms with van der Waals surface area (Å²) in [6.45, 7) is 11.4. The Bertz CT molecular complexity index is 1070. The Labute approximate surface area is 185 Å². The summed E-state index contributed by atoms with van der Waals surface area (Å²) in [6, 6.07) is 7.79. The third kappa shape index (κ3) is 3.42. The zero-order chi connectivity index (χ0) is 21.3. The van der Waals surface area contributed by atoms with Crippen LogP contribution in [0.15, 0.2) is 72.5 Å². The largest absolute Gasteiger partial charge is 0.305 e. The predicted octanol–water partition coefficient (Wildman–Crippen LogP) is 4.23. The maximum Gasteiger partial charge on any atom is 0.266 e. The molecule has 0 unspecified atom stereocenters. The van der Waals surface area contributed by atoms with Crippen LogP contribution < -0.4 is 9.80 Å². The number of benzene rings is 1. The van der Waals surface area contributed by atoms with Crippen LogP contribution in [-0.2, 0) is 4.79 Å². The molecule has 0 radical (unpaired) electrons. The van der Waals surface area contributed by atoms with Crippen LogP contribution in [0.25, 0.3) is 11.0 Å². The molecule has 1 aromatic heterocycles. The summed E-state index contributed by atoms with van der Waals surface area (Å²) in [5, 5.41) is 0. The number of hydrogen-bond donors (Lipinski definition) is 0. The number of fused-ring (bicyclic) bond motifs is 2. The van der Waals surface area contributed by atoms with Crippen molar-refractivity contribution < 1.29 is 4.79 Å². The number of thioether (sulfide) groups is 1. The number of rotatable bonds is 6. The van der Waals surface area contributed by atoms with Crippen LogP contribution >= 0.6 is 24.0 Å². The van der Waals surface area contributed by atoms with Gasteiger partial charge in [-0.05, 0) is 31.2 Å². The maximum absolute atomic E-state index is 12.6. The van der Waals surface area contributed by atoms with Gasteiger partial charge >= 0.3 is 0 Å². The number of likely N-dealkylation sites (N-methyl/N-ethyl adjacent to an activating group) is 1. The van der Waals surface area contributed by atoms with Crippen LogP contribution in [0.5, 0.6) is 0 Å². The van der Waals surface area contributed by atoms with Crippen molar-refractivity contribution in [2.75, 3.05) is 29.4 Å². The van der Waals surface area contributed by atoms with Crippen molar-refractivity contribution >= 4 is 56.9 Å². The Morgan fingerprint density at radius 2 is 1.57 bits per heavy atom. The smallest absolute Gasteiger partial charge is 0.266 e. The van der Waals surface area contributed by atoms with Gasteiger partial charge in [0, 0.05) is 19.6 Å². The summed E-state index contributed by atoms with van der Waals surface area (Å²) < 4.78 is 0.585. The summed E-state index contributed by atoms with van der Waals surface area (Å²) >= 11 is 6.64. The highest BCUT2D eigenvalue weighted by Crippen LogP contribution is 2.40. The molecule has 6 nitrogen and oxygen atoms in total. The van der Waals surface area contributed by atoms with E-state index in [1.54, 1.807) is 4.90 Å². The monoisotopic (exact) mass is 435 g/mol. The normalized spacial score (nSPS) is 17.3. The number of para-hydroxylation sites is 2. The highest BCUT2D eigenvalue weighted by molar-refractivity contribution is 8.26. The van der Waals surface area contributed by atoms with E-state index in [0.29, 0.717) is 28.9 Å². The van der Waals surface area contributed by atoms with Crippen LogP contribution in [0.4, 0.5) is 11.6 Å². The van der Waals surface area contributed by atoms with Crippen molar-refractivity contribution in [2.24, 2.45) is 0 Å². The second-order valence-electron chi connectivity index (χ2n) is 6.63.